The second-order valence-electron chi connectivity index (χ2n) is 16.5. The molecule has 0 radical (unpaired) electrons. The van der Waals surface area contributed by atoms with Gasteiger partial charge in [0.1, 0.15) is 12.4 Å². The summed E-state index contributed by atoms with van der Waals surface area (Å²) < 4.78 is 1.67. The molecule has 0 aliphatic heterocycles. The molecule has 3 fully saturated rings. The fourth-order valence-electron chi connectivity index (χ4n) is 11.0. The highest BCUT2D eigenvalue weighted by Crippen LogP contribution is 2.70. The largest absolute Gasteiger partial charge is 0.295 e. The number of Topliss-reactive ketones (excluding diaryl/α,β-unsaturated/α-hetero) is 1. The van der Waals surface area contributed by atoms with Gasteiger partial charge in [0.05, 0.1) is 16.7 Å². The average molecular weight is 605 g/mol. The summed E-state index contributed by atoms with van der Waals surface area (Å²) in [5, 5.41) is 9.95. The first kappa shape index (κ1) is 30.0. The van der Waals surface area contributed by atoms with Crippen molar-refractivity contribution in [1.29, 1.82) is 5.26 Å². The Bertz CT molecular complexity index is 1720. The highest BCUT2D eigenvalue weighted by Gasteiger charge is 2.67. The van der Waals surface area contributed by atoms with Crippen molar-refractivity contribution in [1.82, 2.24) is 14.5 Å². The SMILES string of the molecule is CC1(C)CC[C@]2(C(=O)n3cnc(-c4cccnc4)c3)CCC3[C@H](C(=O)C=C4[C@@]3(C)CC[C@H]3C(C)(C)C(=O)C(C#N)=C[C@]43C)[C@@H]2C1. The maximum atomic E-state index is 14.7. The molecule has 0 N–H and O–H groups in total. The second-order valence-corrected chi connectivity index (χ2v) is 16.5. The summed E-state index contributed by atoms with van der Waals surface area (Å²) in [6, 6.07) is 5.99. The van der Waals surface area contributed by atoms with Gasteiger partial charge in [-0.3, -0.25) is 23.9 Å². The lowest BCUT2D eigenvalue weighted by molar-refractivity contribution is -0.143. The molecule has 7 heteroatoms. The third-order valence-corrected chi connectivity index (χ3v) is 13.3. The highest BCUT2D eigenvalue weighted by atomic mass is 16.2. The zero-order chi connectivity index (χ0) is 32.2. The van der Waals surface area contributed by atoms with E-state index in [4.69, 9.17) is 0 Å². The molecule has 234 valence electrons. The number of aromatic nitrogens is 3. The molecule has 0 bridgehead atoms. The van der Waals surface area contributed by atoms with Crippen LogP contribution in [0.5, 0.6) is 0 Å². The minimum atomic E-state index is -0.683. The highest BCUT2D eigenvalue weighted by molar-refractivity contribution is 6.04. The maximum absolute atomic E-state index is 14.7. The first-order chi connectivity index (χ1) is 21.2. The minimum Gasteiger partial charge on any atom is -0.295 e. The molecular formula is C38H44N4O3. The molecule has 7 atom stereocenters. The molecule has 7 rings (SSSR count). The van der Waals surface area contributed by atoms with Gasteiger partial charge < -0.3 is 0 Å². The molecular weight excluding hydrogens is 560 g/mol. The van der Waals surface area contributed by atoms with Gasteiger partial charge in [0.25, 0.3) is 0 Å². The number of nitriles is 1. The molecule has 5 aliphatic rings. The van der Waals surface area contributed by atoms with Gasteiger partial charge in [-0.15, -0.1) is 0 Å². The number of pyridine rings is 1. The summed E-state index contributed by atoms with van der Waals surface area (Å²) in [4.78, 5) is 51.4. The maximum Gasteiger partial charge on any atom is 0.238 e. The number of carbonyl (C=O) groups excluding carboxylic acids is 3. The molecule has 5 aliphatic carbocycles. The third kappa shape index (κ3) is 4.09. The monoisotopic (exact) mass is 604 g/mol. The number of hydrogen-bond donors (Lipinski definition) is 0. The van der Waals surface area contributed by atoms with Crippen LogP contribution in [-0.4, -0.2) is 32.0 Å². The van der Waals surface area contributed by atoms with Gasteiger partial charge in [-0.05, 0) is 91.7 Å². The van der Waals surface area contributed by atoms with E-state index in [2.05, 4.69) is 43.7 Å². The number of allylic oxidation sites excluding steroid dienone is 4. The predicted octanol–water partition coefficient (Wildman–Crippen LogP) is 7.41. The summed E-state index contributed by atoms with van der Waals surface area (Å²) in [6.45, 7) is 13.0. The number of hydrogen-bond acceptors (Lipinski definition) is 6. The molecule has 0 aromatic carbocycles. The van der Waals surface area contributed by atoms with Crippen LogP contribution in [0.25, 0.3) is 11.3 Å². The Labute approximate surface area is 266 Å². The van der Waals surface area contributed by atoms with Crippen molar-refractivity contribution in [2.45, 2.75) is 86.5 Å². The van der Waals surface area contributed by atoms with E-state index in [1.54, 1.807) is 23.3 Å². The number of carbonyl (C=O) groups is 3. The van der Waals surface area contributed by atoms with Crippen LogP contribution in [0.4, 0.5) is 0 Å². The smallest absolute Gasteiger partial charge is 0.238 e. The van der Waals surface area contributed by atoms with Crippen molar-refractivity contribution < 1.29 is 14.4 Å². The second kappa shape index (κ2) is 9.67. The van der Waals surface area contributed by atoms with Gasteiger partial charge in [-0.1, -0.05) is 53.2 Å². The van der Waals surface area contributed by atoms with Crippen LogP contribution in [0.15, 0.2) is 60.3 Å². The van der Waals surface area contributed by atoms with Crippen molar-refractivity contribution >= 4 is 17.5 Å². The van der Waals surface area contributed by atoms with Crippen LogP contribution >= 0.6 is 0 Å². The van der Waals surface area contributed by atoms with Crippen LogP contribution in [0.1, 0.15) is 91.3 Å². The zero-order valence-electron chi connectivity index (χ0n) is 27.4. The third-order valence-electron chi connectivity index (χ3n) is 13.3. The van der Waals surface area contributed by atoms with E-state index in [1.165, 1.54) is 0 Å². The summed E-state index contributed by atoms with van der Waals surface area (Å²) in [7, 11) is 0. The number of fused-ring (bicyclic) bond motifs is 7. The van der Waals surface area contributed by atoms with Crippen molar-refractivity contribution in [3.05, 3.63) is 60.3 Å². The van der Waals surface area contributed by atoms with E-state index >= 15 is 0 Å². The topological polar surface area (TPSA) is 106 Å². The fraction of sp³-hybridized carbons (Fsp3) is 0.579. The zero-order valence-corrected chi connectivity index (χ0v) is 27.4. The first-order valence-corrected chi connectivity index (χ1v) is 16.6. The van der Waals surface area contributed by atoms with E-state index in [9.17, 15) is 19.6 Å². The van der Waals surface area contributed by atoms with E-state index < -0.39 is 16.2 Å². The first-order valence-electron chi connectivity index (χ1n) is 16.6. The lowest BCUT2D eigenvalue weighted by Gasteiger charge is -2.64. The van der Waals surface area contributed by atoms with Crippen molar-refractivity contribution in [2.75, 3.05) is 0 Å². The Morgan fingerprint density at radius 2 is 1.80 bits per heavy atom. The number of imidazole rings is 1. The lowest BCUT2D eigenvalue weighted by atomic mass is 9.38. The van der Waals surface area contributed by atoms with Crippen LogP contribution in [0, 0.1) is 62.1 Å². The van der Waals surface area contributed by atoms with Crippen molar-refractivity contribution in [3.63, 3.8) is 0 Å². The Balaban J connectivity index is 1.31. The number of ketones is 2. The summed E-state index contributed by atoms with van der Waals surface area (Å²) in [5.41, 5.74) is 0.799. The molecule has 7 nitrogen and oxygen atoms in total. The molecule has 2 aromatic heterocycles. The molecule has 2 aromatic rings. The summed E-state index contributed by atoms with van der Waals surface area (Å²) in [6.07, 6.45) is 16.6. The van der Waals surface area contributed by atoms with Gasteiger partial charge in [-0.25, -0.2) is 4.98 Å². The summed E-state index contributed by atoms with van der Waals surface area (Å²) in [5.74, 6) is -0.0938. The molecule has 1 unspecified atom stereocenters. The van der Waals surface area contributed by atoms with E-state index in [0.717, 1.165) is 56.1 Å². The molecule has 45 heavy (non-hydrogen) atoms. The summed E-state index contributed by atoms with van der Waals surface area (Å²) >= 11 is 0. The Morgan fingerprint density at radius 1 is 1.02 bits per heavy atom. The quantitative estimate of drug-likeness (QED) is 0.353. The Kier molecular flexibility index (Phi) is 6.45. The lowest BCUT2D eigenvalue weighted by Crippen LogP contribution is -2.62. The van der Waals surface area contributed by atoms with Crippen LogP contribution in [0.3, 0.4) is 0 Å². The van der Waals surface area contributed by atoms with Crippen molar-refractivity contribution in [2.24, 2.45) is 50.7 Å². The van der Waals surface area contributed by atoms with Crippen LogP contribution < -0.4 is 0 Å². The molecule has 0 saturated heterocycles. The Hall–Kier alpha value is -3.66. The predicted molar refractivity (Wildman–Crippen MR) is 170 cm³/mol. The minimum absolute atomic E-state index is 0.0198. The van der Waals surface area contributed by atoms with Gasteiger partial charge in [0.15, 0.2) is 11.6 Å². The molecule has 0 amide bonds. The number of nitrogens with zero attached hydrogens (tertiary/aromatic N) is 4. The van der Waals surface area contributed by atoms with Gasteiger partial charge in [-0.2, -0.15) is 5.26 Å². The van der Waals surface area contributed by atoms with E-state index in [0.29, 0.717) is 5.69 Å². The normalized spacial score (nSPS) is 38.0. The van der Waals surface area contributed by atoms with Gasteiger partial charge in [0.2, 0.25) is 5.91 Å². The van der Waals surface area contributed by atoms with E-state index in [1.807, 2.05) is 44.3 Å². The van der Waals surface area contributed by atoms with Crippen molar-refractivity contribution in [3.8, 4) is 17.3 Å². The number of rotatable bonds is 2. The molecule has 2 heterocycles. The fourth-order valence-corrected chi connectivity index (χ4v) is 11.0. The average Bonchev–Trinajstić information content (AvgIpc) is 3.50. The van der Waals surface area contributed by atoms with Crippen LogP contribution in [0.2, 0.25) is 0 Å². The van der Waals surface area contributed by atoms with Gasteiger partial charge in [0, 0.05) is 40.9 Å². The molecule has 0 spiro atoms. The van der Waals surface area contributed by atoms with Gasteiger partial charge >= 0.3 is 0 Å². The Morgan fingerprint density at radius 3 is 2.51 bits per heavy atom. The van der Waals surface area contributed by atoms with E-state index in [-0.39, 0.29) is 57.5 Å². The standard InChI is InChI=1S/C38H44N4O3/c1-34(2)13-14-38(33(45)42-21-27(41-22-42)23-8-7-15-40-20-23)12-9-25-31(26(38)18-34)28(43)16-30-36(25,5)11-10-29-35(3,4)32(44)24(19-39)17-37(29,30)6/h7-8,15-17,20-22,25-26,29,31H,9-14,18H2,1-6H3/t25?,26-,29-,31-,36-,37-,38+/m0/s1. The molecule has 3 saturated carbocycles. The van der Waals surface area contributed by atoms with Crippen LogP contribution in [-0.2, 0) is 9.59 Å².